The monoisotopic (exact) mass is 199 g/mol. The van der Waals surface area contributed by atoms with E-state index in [1.54, 1.807) is 0 Å². The third kappa shape index (κ3) is 1.66. The fraction of sp³-hybridized carbons (Fsp3) is 0.750. The van der Waals surface area contributed by atoms with E-state index < -0.39 is 0 Å². The van der Waals surface area contributed by atoms with E-state index in [1.807, 2.05) is 4.57 Å². The van der Waals surface area contributed by atoms with Crippen LogP contribution in [-0.4, -0.2) is 19.9 Å². The predicted octanol–water partition coefficient (Wildman–Crippen LogP) is 1.23. The normalized spacial score (nSPS) is 18.9. The molecule has 0 aromatic carbocycles. The summed E-state index contributed by atoms with van der Waals surface area (Å²) in [5.41, 5.74) is 0.381. The lowest BCUT2D eigenvalue weighted by atomic mass is 10.1. The van der Waals surface area contributed by atoms with Gasteiger partial charge in [-0.1, -0.05) is 6.92 Å². The van der Waals surface area contributed by atoms with Gasteiger partial charge in [-0.2, -0.15) is 5.10 Å². The standard InChI is InChI=1S/C8H13N3OS/c1-8(2-3-8)5-11-6(4-12)9-10-7(11)13/h12H,2-5H2,1H3,(H,10,13). The maximum absolute atomic E-state index is 9.00. The molecule has 72 valence electrons. The Morgan fingerprint density at radius 2 is 2.38 bits per heavy atom. The van der Waals surface area contributed by atoms with Gasteiger partial charge in [0.1, 0.15) is 6.61 Å². The number of aliphatic hydroxyl groups is 1. The summed E-state index contributed by atoms with van der Waals surface area (Å²) in [5.74, 6) is 0.637. The number of aliphatic hydroxyl groups excluding tert-OH is 1. The maximum atomic E-state index is 9.00. The Morgan fingerprint density at radius 1 is 1.69 bits per heavy atom. The highest BCUT2D eigenvalue weighted by atomic mass is 32.1. The van der Waals surface area contributed by atoms with Crippen LogP contribution in [-0.2, 0) is 13.2 Å². The number of hydrogen-bond acceptors (Lipinski definition) is 3. The van der Waals surface area contributed by atoms with Crippen LogP contribution in [0.15, 0.2) is 0 Å². The van der Waals surface area contributed by atoms with Gasteiger partial charge >= 0.3 is 0 Å². The molecule has 0 amide bonds. The molecule has 0 radical (unpaired) electrons. The third-order valence-electron chi connectivity index (χ3n) is 2.62. The first kappa shape index (κ1) is 8.90. The minimum absolute atomic E-state index is 0.0524. The molecule has 0 unspecified atom stereocenters. The first-order valence-corrected chi connectivity index (χ1v) is 4.80. The summed E-state index contributed by atoms with van der Waals surface area (Å²) >= 11 is 5.07. The Balaban J connectivity index is 2.27. The molecule has 0 saturated heterocycles. The van der Waals surface area contributed by atoms with Crippen molar-refractivity contribution in [2.45, 2.75) is 32.9 Å². The number of nitrogens with zero attached hydrogens (tertiary/aromatic N) is 2. The summed E-state index contributed by atoms with van der Waals surface area (Å²) in [4.78, 5) is 0. The molecule has 2 N–H and O–H groups in total. The molecule has 1 aromatic heterocycles. The molecule has 0 aliphatic heterocycles. The van der Waals surface area contributed by atoms with Gasteiger partial charge < -0.3 is 9.67 Å². The van der Waals surface area contributed by atoms with Gasteiger partial charge in [0.05, 0.1) is 0 Å². The highest BCUT2D eigenvalue weighted by Gasteiger charge is 2.38. The highest BCUT2D eigenvalue weighted by Crippen LogP contribution is 2.46. The van der Waals surface area contributed by atoms with Gasteiger partial charge in [-0.15, -0.1) is 0 Å². The molecule has 4 nitrogen and oxygen atoms in total. The van der Waals surface area contributed by atoms with Gasteiger partial charge in [-0.3, -0.25) is 5.10 Å². The summed E-state index contributed by atoms with van der Waals surface area (Å²) in [6, 6.07) is 0. The number of aromatic amines is 1. The second-order valence-electron chi connectivity index (χ2n) is 4.00. The van der Waals surface area contributed by atoms with Crippen molar-refractivity contribution in [3.8, 4) is 0 Å². The molecule has 13 heavy (non-hydrogen) atoms. The lowest BCUT2D eigenvalue weighted by Gasteiger charge is -2.10. The summed E-state index contributed by atoms with van der Waals surface area (Å²) in [7, 11) is 0. The maximum Gasteiger partial charge on any atom is 0.195 e. The van der Waals surface area contributed by atoms with Crippen molar-refractivity contribution in [2.24, 2.45) is 5.41 Å². The molecule has 0 spiro atoms. The molecule has 5 heteroatoms. The van der Waals surface area contributed by atoms with E-state index in [1.165, 1.54) is 12.8 Å². The minimum atomic E-state index is -0.0524. The molecule has 1 aromatic rings. The Morgan fingerprint density at radius 3 is 2.92 bits per heavy atom. The number of rotatable bonds is 3. The largest absolute Gasteiger partial charge is 0.388 e. The van der Waals surface area contributed by atoms with Gasteiger partial charge in [0.2, 0.25) is 0 Å². The predicted molar refractivity (Wildman–Crippen MR) is 50.7 cm³/mol. The van der Waals surface area contributed by atoms with Crippen molar-refractivity contribution in [3.05, 3.63) is 10.6 Å². The topological polar surface area (TPSA) is 53.8 Å². The molecule has 0 bridgehead atoms. The van der Waals surface area contributed by atoms with Crippen molar-refractivity contribution in [1.82, 2.24) is 14.8 Å². The molecule has 1 aliphatic rings. The number of aromatic nitrogens is 3. The van der Waals surface area contributed by atoms with Crippen molar-refractivity contribution < 1.29 is 5.11 Å². The van der Waals surface area contributed by atoms with Gasteiger partial charge in [0.25, 0.3) is 0 Å². The smallest absolute Gasteiger partial charge is 0.195 e. The van der Waals surface area contributed by atoms with E-state index in [0.29, 0.717) is 16.0 Å². The van der Waals surface area contributed by atoms with Crippen molar-refractivity contribution in [3.63, 3.8) is 0 Å². The molecular weight excluding hydrogens is 186 g/mol. The molecule has 2 rings (SSSR count). The zero-order valence-electron chi connectivity index (χ0n) is 7.58. The number of nitrogens with one attached hydrogen (secondary N) is 1. The van der Waals surface area contributed by atoms with Crippen LogP contribution in [0.4, 0.5) is 0 Å². The van der Waals surface area contributed by atoms with Crippen LogP contribution in [0.2, 0.25) is 0 Å². The van der Waals surface area contributed by atoms with Crippen LogP contribution in [0.3, 0.4) is 0 Å². The van der Waals surface area contributed by atoms with Gasteiger partial charge in [-0.25, -0.2) is 0 Å². The van der Waals surface area contributed by atoms with Crippen LogP contribution < -0.4 is 0 Å². The van der Waals surface area contributed by atoms with E-state index in [-0.39, 0.29) is 6.61 Å². The van der Waals surface area contributed by atoms with Crippen LogP contribution in [0, 0.1) is 10.2 Å². The van der Waals surface area contributed by atoms with E-state index in [2.05, 4.69) is 17.1 Å². The van der Waals surface area contributed by atoms with Crippen molar-refractivity contribution >= 4 is 12.2 Å². The summed E-state index contributed by atoms with van der Waals surface area (Å²) in [6.45, 7) is 3.05. The second kappa shape index (κ2) is 2.92. The molecular formula is C8H13N3OS. The van der Waals surface area contributed by atoms with E-state index in [4.69, 9.17) is 17.3 Å². The van der Waals surface area contributed by atoms with E-state index in [0.717, 1.165) is 6.54 Å². The summed E-state index contributed by atoms with van der Waals surface area (Å²) in [6.07, 6.45) is 2.48. The van der Waals surface area contributed by atoms with Crippen LogP contribution in [0.5, 0.6) is 0 Å². The molecule has 1 aliphatic carbocycles. The minimum Gasteiger partial charge on any atom is -0.388 e. The van der Waals surface area contributed by atoms with Crippen molar-refractivity contribution in [1.29, 1.82) is 0 Å². The van der Waals surface area contributed by atoms with Crippen LogP contribution >= 0.6 is 12.2 Å². The zero-order chi connectivity index (χ0) is 9.47. The average Bonchev–Trinajstić information content (AvgIpc) is 2.72. The van der Waals surface area contributed by atoms with Gasteiger partial charge in [-0.05, 0) is 30.5 Å². The first-order chi connectivity index (χ1) is 6.14. The van der Waals surface area contributed by atoms with Crippen LogP contribution in [0.1, 0.15) is 25.6 Å². The zero-order valence-corrected chi connectivity index (χ0v) is 8.39. The average molecular weight is 199 g/mol. The Bertz CT molecular complexity index is 364. The van der Waals surface area contributed by atoms with Gasteiger partial charge in [0, 0.05) is 6.54 Å². The van der Waals surface area contributed by atoms with Crippen LogP contribution in [0.25, 0.3) is 0 Å². The fourth-order valence-corrected chi connectivity index (χ4v) is 1.60. The fourth-order valence-electron chi connectivity index (χ4n) is 1.39. The quantitative estimate of drug-likeness (QED) is 0.720. The van der Waals surface area contributed by atoms with Crippen molar-refractivity contribution in [2.75, 3.05) is 0 Å². The molecule has 1 saturated carbocycles. The molecule has 1 fully saturated rings. The lowest BCUT2D eigenvalue weighted by Crippen LogP contribution is -2.11. The van der Waals surface area contributed by atoms with E-state index >= 15 is 0 Å². The lowest BCUT2D eigenvalue weighted by molar-refractivity contribution is 0.260. The highest BCUT2D eigenvalue weighted by molar-refractivity contribution is 7.71. The van der Waals surface area contributed by atoms with E-state index in [9.17, 15) is 0 Å². The third-order valence-corrected chi connectivity index (χ3v) is 2.93. The number of hydrogen-bond donors (Lipinski definition) is 2. The Hall–Kier alpha value is -0.680. The first-order valence-electron chi connectivity index (χ1n) is 4.40. The molecule has 1 heterocycles. The van der Waals surface area contributed by atoms with Gasteiger partial charge in [0.15, 0.2) is 10.6 Å². The molecule has 0 atom stereocenters. The Labute approximate surface area is 81.6 Å². The Kier molecular flexibility index (Phi) is 2.00. The summed E-state index contributed by atoms with van der Waals surface area (Å²) in [5, 5.41) is 15.6. The second-order valence-corrected chi connectivity index (χ2v) is 4.39. The SMILES string of the molecule is CC1(Cn2c(CO)n[nH]c2=S)CC1. The number of H-pyrrole nitrogens is 1. The summed E-state index contributed by atoms with van der Waals surface area (Å²) < 4.78 is 2.50.